The number of halogens is 1. The highest BCUT2D eigenvalue weighted by atomic mass is 79.9. The van der Waals surface area contributed by atoms with Gasteiger partial charge in [-0.2, -0.15) is 10.2 Å². The Kier molecular flexibility index (Phi) is 4.74. The van der Waals surface area contributed by atoms with Crippen molar-refractivity contribution in [3.8, 4) is 5.75 Å². The molecule has 0 saturated heterocycles. The Bertz CT molecular complexity index is 694. The molecule has 0 unspecified atom stereocenters. The lowest BCUT2D eigenvalue weighted by Gasteiger charge is -2.07. The topological polar surface area (TPSA) is 68.5 Å². The Hall–Kier alpha value is -2.15. The molecule has 21 heavy (non-hydrogen) atoms. The number of nitrogens with one attached hydrogen (secondary N) is 1. The van der Waals surface area contributed by atoms with Crippen LogP contribution in [-0.4, -0.2) is 29.0 Å². The number of hydrogen-bond donors (Lipinski definition) is 1. The van der Waals surface area contributed by atoms with E-state index < -0.39 is 0 Å². The molecule has 6 nitrogen and oxygen atoms in total. The van der Waals surface area contributed by atoms with Crippen LogP contribution in [0.2, 0.25) is 0 Å². The van der Waals surface area contributed by atoms with E-state index in [1.54, 1.807) is 29.1 Å². The number of aryl methyl sites for hydroxylation is 2. The molecule has 0 fully saturated rings. The van der Waals surface area contributed by atoms with Crippen LogP contribution < -0.4 is 10.2 Å². The van der Waals surface area contributed by atoms with Crippen molar-refractivity contribution in [2.24, 2.45) is 12.1 Å². The van der Waals surface area contributed by atoms with Gasteiger partial charge in [0.25, 0.3) is 5.91 Å². The molecule has 0 radical (unpaired) electrons. The predicted octanol–water partition coefficient (Wildman–Crippen LogP) is 2.26. The fourth-order valence-corrected chi connectivity index (χ4v) is 2.18. The molecule has 0 aliphatic carbocycles. The molecule has 7 heteroatoms. The second-order valence-electron chi connectivity index (χ2n) is 4.39. The Morgan fingerprint density at radius 3 is 2.90 bits per heavy atom. The van der Waals surface area contributed by atoms with Crippen LogP contribution in [-0.2, 0) is 7.05 Å². The largest absolute Gasteiger partial charge is 0.496 e. The molecule has 0 bridgehead atoms. The SMILES string of the molecule is COc1ccc(Br)cc1C(=O)N/N=C/c1cn(C)nc1C. The highest BCUT2D eigenvalue weighted by molar-refractivity contribution is 9.10. The third-order valence-electron chi connectivity index (χ3n) is 2.83. The van der Waals surface area contributed by atoms with Crippen LogP contribution in [0.3, 0.4) is 0 Å². The van der Waals surface area contributed by atoms with Gasteiger partial charge in [0.1, 0.15) is 5.75 Å². The molecule has 1 amide bonds. The summed E-state index contributed by atoms with van der Waals surface area (Å²) >= 11 is 3.33. The average molecular weight is 351 g/mol. The summed E-state index contributed by atoms with van der Waals surface area (Å²) in [6.45, 7) is 1.88. The molecule has 110 valence electrons. The van der Waals surface area contributed by atoms with Crippen molar-refractivity contribution in [2.45, 2.75) is 6.92 Å². The standard InChI is InChI=1S/C14H15BrN4O2/c1-9-10(8-19(2)18-9)7-16-17-14(20)12-6-11(15)4-5-13(12)21-3/h4-8H,1-3H3,(H,17,20)/b16-7+. The van der Waals surface area contributed by atoms with Gasteiger partial charge in [-0.15, -0.1) is 0 Å². The number of aromatic nitrogens is 2. The third-order valence-corrected chi connectivity index (χ3v) is 3.32. The van der Waals surface area contributed by atoms with Gasteiger partial charge in [0.05, 0.1) is 24.6 Å². The van der Waals surface area contributed by atoms with Crippen molar-refractivity contribution in [1.82, 2.24) is 15.2 Å². The van der Waals surface area contributed by atoms with Gasteiger partial charge < -0.3 is 4.74 Å². The van der Waals surface area contributed by atoms with Gasteiger partial charge in [0, 0.05) is 23.3 Å². The first-order chi connectivity index (χ1) is 10.0. The van der Waals surface area contributed by atoms with Crippen LogP contribution >= 0.6 is 15.9 Å². The van der Waals surface area contributed by atoms with E-state index in [-0.39, 0.29) is 5.91 Å². The second kappa shape index (κ2) is 6.53. The quantitative estimate of drug-likeness (QED) is 0.679. The van der Waals surface area contributed by atoms with Crippen molar-refractivity contribution in [3.05, 3.63) is 45.7 Å². The molecular weight excluding hydrogens is 336 g/mol. The van der Waals surface area contributed by atoms with Gasteiger partial charge in [0.2, 0.25) is 0 Å². The predicted molar refractivity (Wildman–Crippen MR) is 83.7 cm³/mol. The molecular formula is C14H15BrN4O2. The molecule has 0 aliphatic rings. The summed E-state index contributed by atoms with van der Waals surface area (Å²) in [5.74, 6) is 0.148. The van der Waals surface area contributed by atoms with Crippen molar-refractivity contribution in [2.75, 3.05) is 7.11 Å². The minimum absolute atomic E-state index is 0.342. The van der Waals surface area contributed by atoms with E-state index in [0.717, 1.165) is 15.7 Å². The Labute approximate surface area is 130 Å². The number of nitrogens with zero attached hydrogens (tertiary/aromatic N) is 3. The van der Waals surface area contributed by atoms with Crippen LogP contribution in [0.4, 0.5) is 0 Å². The van der Waals surface area contributed by atoms with E-state index in [1.807, 2.05) is 20.2 Å². The van der Waals surface area contributed by atoms with Crippen LogP contribution in [0.5, 0.6) is 5.75 Å². The number of carbonyl (C=O) groups excluding carboxylic acids is 1. The fourth-order valence-electron chi connectivity index (χ4n) is 1.82. The zero-order valence-corrected chi connectivity index (χ0v) is 13.5. The molecule has 1 aromatic carbocycles. The number of carbonyl (C=O) groups is 1. The van der Waals surface area contributed by atoms with E-state index in [4.69, 9.17) is 4.74 Å². The Morgan fingerprint density at radius 1 is 1.52 bits per heavy atom. The highest BCUT2D eigenvalue weighted by Crippen LogP contribution is 2.22. The van der Waals surface area contributed by atoms with Gasteiger partial charge in [0.15, 0.2) is 0 Å². The number of benzene rings is 1. The zero-order chi connectivity index (χ0) is 15.4. The summed E-state index contributed by atoms with van der Waals surface area (Å²) in [5, 5.41) is 8.14. The lowest BCUT2D eigenvalue weighted by atomic mass is 10.2. The summed E-state index contributed by atoms with van der Waals surface area (Å²) in [5.41, 5.74) is 4.58. The van der Waals surface area contributed by atoms with E-state index >= 15 is 0 Å². The van der Waals surface area contributed by atoms with Crippen LogP contribution in [0, 0.1) is 6.92 Å². The van der Waals surface area contributed by atoms with E-state index in [0.29, 0.717) is 11.3 Å². The molecule has 0 atom stereocenters. The van der Waals surface area contributed by atoms with Crippen molar-refractivity contribution >= 4 is 28.1 Å². The van der Waals surface area contributed by atoms with Crippen LogP contribution in [0.1, 0.15) is 21.6 Å². The van der Waals surface area contributed by atoms with Crippen molar-refractivity contribution in [3.63, 3.8) is 0 Å². The first kappa shape index (κ1) is 15.2. The lowest BCUT2D eigenvalue weighted by molar-refractivity contribution is 0.0952. The molecule has 0 saturated carbocycles. The molecule has 1 N–H and O–H groups in total. The minimum atomic E-state index is -0.342. The summed E-state index contributed by atoms with van der Waals surface area (Å²) in [6.07, 6.45) is 3.38. The smallest absolute Gasteiger partial charge is 0.275 e. The summed E-state index contributed by atoms with van der Waals surface area (Å²) in [6, 6.07) is 5.20. The lowest BCUT2D eigenvalue weighted by Crippen LogP contribution is -2.18. The number of methoxy groups -OCH3 is 1. The maximum absolute atomic E-state index is 12.1. The van der Waals surface area contributed by atoms with Gasteiger partial charge in [-0.1, -0.05) is 15.9 Å². The number of hydrogen-bond acceptors (Lipinski definition) is 4. The summed E-state index contributed by atoms with van der Waals surface area (Å²) < 4.78 is 7.64. The van der Waals surface area contributed by atoms with Gasteiger partial charge in [-0.3, -0.25) is 9.48 Å². The van der Waals surface area contributed by atoms with E-state index in [2.05, 4.69) is 31.6 Å². The average Bonchev–Trinajstić information content (AvgIpc) is 2.77. The highest BCUT2D eigenvalue weighted by Gasteiger charge is 2.12. The van der Waals surface area contributed by atoms with Crippen LogP contribution in [0.25, 0.3) is 0 Å². The van der Waals surface area contributed by atoms with Crippen molar-refractivity contribution < 1.29 is 9.53 Å². The molecule has 0 aliphatic heterocycles. The van der Waals surface area contributed by atoms with Crippen molar-refractivity contribution in [1.29, 1.82) is 0 Å². The first-order valence-corrected chi connectivity index (χ1v) is 6.97. The monoisotopic (exact) mass is 350 g/mol. The third kappa shape index (κ3) is 3.69. The zero-order valence-electron chi connectivity index (χ0n) is 11.9. The molecule has 0 spiro atoms. The van der Waals surface area contributed by atoms with Gasteiger partial charge in [-0.25, -0.2) is 5.43 Å². The van der Waals surface area contributed by atoms with Gasteiger partial charge in [-0.05, 0) is 25.1 Å². The molecule has 1 aromatic heterocycles. The molecule has 1 heterocycles. The summed E-state index contributed by atoms with van der Waals surface area (Å²) in [7, 11) is 3.34. The number of ether oxygens (including phenoxy) is 1. The normalized spacial score (nSPS) is 10.9. The second-order valence-corrected chi connectivity index (χ2v) is 5.30. The number of rotatable bonds is 4. The molecule has 2 aromatic rings. The van der Waals surface area contributed by atoms with Crippen LogP contribution in [0.15, 0.2) is 34.0 Å². The minimum Gasteiger partial charge on any atom is -0.496 e. The fraction of sp³-hybridized carbons (Fsp3) is 0.214. The maximum Gasteiger partial charge on any atom is 0.275 e. The number of hydrazone groups is 1. The van der Waals surface area contributed by atoms with E-state index in [9.17, 15) is 4.79 Å². The Balaban J connectivity index is 2.12. The first-order valence-electron chi connectivity index (χ1n) is 6.18. The number of amides is 1. The summed E-state index contributed by atoms with van der Waals surface area (Å²) in [4.78, 5) is 12.1. The van der Waals surface area contributed by atoms with Gasteiger partial charge >= 0.3 is 0 Å². The van der Waals surface area contributed by atoms with E-state index in [1.165, 1.54) is 7.11 Å². The maximum atomic E-state index is 12.1. The molecule has 2 rings (SSSR count). The Morgan fingerprint density at radius 2 is 2.29 bits per heavy atom.